The largest absolute Gasteiger partial charge is 0.340 e. The standard InChI is InChI=1S/C15H20ClN3O2/c1-11(17)14(20)18-6-3-7-19(9-8-18)15(21)12-4-2-5-13(16)10-12/h2,4-5,10-11H,3,6-9,17H2,1H3/t11-/m1/s1. The van der Waals surface area contributed by atoms with Crippen LogP contribution in [0.4, 0.5) is 0 Å². The van der Waals surface area contributed by atoms with Gasteiger partial charge in [-0.15, -0.1) is 0 Å². The van der Waals surface area contributed by atoms with Crippen molar-refractivity contribution in [1.82, 2.24) is 9.80 Å². The van der Waals surface area contributed by atoms with E-state index in [-0.39, 0.29) is 11.8 Å². The number of rotatable bonds is 2. The van der Waals surface area contributed by atoms with Crippen LogP contribution in [-0.4, -0.2) is 53.8 Å². The van der Waals surface area contributed by atoms with E-state index < -0.39 is 6.04 Å². The first-order valence-electron chi connectivity index (χ1n) is 7.08. The molecular formula is C15H20ClN3O2. The zero-order valence-electron chi connectivity index (χ0n) is 12.1. The van der Waals surface area contributed by atoms with Gasteiger partial charge in [-0.25, -0.2) is 0 Å². The Labute approximate surface area is 129 Å². The first-order chi connectivity index (χ1) is 9.99. The van der Waals surface area contributed by atoms with Gasteiger partial charge in [0.25, 0.3) is 5.91 Å². The summed E-state index contributed by atoms with van der Waals surface area (Å²) in [6.45, 7) is 3.99. The molecule has 2 rings (SSSR count). The summed E-state index contributed by atoms with van der Waals surface area (Å²) in [4.78, 5) is 27.9. The maximum atomic E-state index is 12.5. The second kappa shape index (κ2) is 6.91. The Morgan fingerprint density at radius 1 is 1.19 bits per heavy atom. The number of amides is 2. The summed E-state index contributed by atoms with van der Waals surface area (Å²) in [5.74, 6) is -0.111. The van der Waals surface area contributed by atoms with Crippen molar-refractivity contribution in [2.24, 2.45) is 5.73 Å². The SMILES string of the molecule is C[C@@H](N)C(=O)N1CCCN(C(=O)c2cccc(Cl)c2)CC1. The van der Waals surface area contributed by atoms with Gasteiger partial charge in [0.2, 0.25) is 5.91 Å². The Bertz CT molecular complexity index is 533. The minimum Gasteiger partial charge on any atom is -0.340 e. The van der Waals surface area contributed by atoms with Crippen LogP contribution in [0.3, 0.4) is 0 Å². The molecule has 0 radical (unpaired) electrons. The van der Waals surface area contributed by atoms with E-state index in [0.29, 0.717) is 36.8 Å². The molecule has 1 heterocycles. The lowest BCUT2D eigenvalue weighted by molar-refractivity contribution is -0.132. The summed E-state index contributed by atoms with van der Waals surface area (Å²) in [6.07, 6.45) is 0.755. The van der Waals surface area contributed by atoms with E-state index >= 15 is 0 Å². The molecule has 0 aliphatic carbocycles. The van der Waals surface area contributed by atoms with Crippen LogP contribution in [-0.2, 0) is 4.79 Å². The highest BCUT2D eigenvalue weighted by Crippen LogP contribution is 2.14. The third-order valence-corrected chi connectivity index (χ3v) is 3.79. The van der Waals surface area contributed by atoms with Crippen molar-refractivity contribution in [3.63, 3.8) is 0 Å². The van der Waals surface area contributed by atoms with Crippen LogP contribution in [0.1, 0.15) is 23.7 Å². The molecule has 21 heavy (non-hydrogen) atoms. The monoisotopic (exact) mass is 309 g/mol. The molecule has 0 spiro atoms. The highest BCUT2D eigenvalue weighted by atomic mass is 35.5. The topological polar surface area (TPSA) is 66.6 Å². The lowest BCUT2D eigenvalue weighted by Crippen LogP contribution is -2.44. The van der Waals surface area contributed by atoms with Gasteiger partial charge in [0.05, 0.1) is 6.04 Å². The number of halogens is 1. The zero-order chi connectivity index (χ0) is 15.4. The predicted octanol–water partition coefficient (Wildman–Crippen LogP) is 1.36. The molecule has 1 atom stereocenters. The second-order valence-corrected chi connectivity index (χ2v) is 5.71. The highest BCUT2D eigenvalue weighted by molar-refractivity contribution is 6.30. The maximum Gasteiger partial charge on any atom is 0.253 e. The van der Waals surface area contributed by atoms with E-state index in [1.54, 1.807) is 41.0 Å². The first kappa shape index (κ1) is 15.8. The number of nitrogens with two attached hydrogens (primary N) is 1. The number of carbonyl (C=O) groups excluding carboxylic acids is 2. The van der Waals surface area contributed by atoms with Crippen molar-refractivity contribution in [2.75, 3.05) is 26.2 Å². The van der Waals surface area contributed by atoms with Crippen molar-refractivity contribution < 1.29 is 9.59 Å². The average Bonchev–Trinajstić information content (AvgIpc) is 2.71. The van der Waals surface area contributed by atoms with Crippen LogP contribution in [0.5, 0.6) is 0 Å². The molecule has 1 aliphatic heterocycles. The molecule has 114 valence electrons. The molecule has 0 saturated carbocycles. The smallest absolute Gasteiger partial charge is 0.253 e. The molecule has 1 aliphatic rings. The van der Waals surface area contributed by atoms with Crippen molar-refractivity contribution in [1.29, 1.82) is 0 Å². The van der Waals surface area contributed by atoms with Gasteiger partial charge in [-0.2, -0.15) is 0 Å². The van der Waals surface area contributed by atoms with Crippen LogP contribution in [0.25, 0.3) is 0 Å². The molecule has 2 N–H and O–H groups in total. The van der Waals surface area contributed by atoms with Crippen molar-refractivity contribution in [3.05, 3.63) is 34.9 Å². The van der Waals surface area contributed by atoms with Gasteiger partial charge in [0, 0.05) is 36.8 Å². The summed E-state index contributed by atoms with van der Waals surface area (Å²) >= 11 is 5.92. The van der Waals surface area contributed by atoms with E-state index in [1.165, 1.54) is 0 Å². The minimum absolute atomic E-state index is 0.0485. The van der Waals surface area contributed by atoms with Gasteiger partial charge in [0.15, 0.2) is 0 Å². The Morgan fingerprint density at radius 2 is 1.86 bits per heavy atom. The van der Waals surface area contributed by atoms with E-state index in [0.717, 1.165) is 6.42 Å². The fraction of sp³-hybridized carbons (Fsp3) is 0.467. The van der Waals surface area contributed by atoms with Gasteiger partial charge in [-0.3, -0.25) is 9.59 Å². The molecule has 0 aromatic heterocycles. The average molecular weight is 310 g/mol. The highest BCUT2D eigenvalue weighted by Gasteiger charge is 2.24. The fourth-order valence-corrected chi connectivity index (χ4v) is 2.62. The minimum atomic E-state index is -0.500. The third-order valence-electron chi connectivity index (χ3n) is 3.56. The van der Waals surface area contributed by atoms with Crippen molar-refractivity contribution >= 4 is 23.4 Å². The van der Waals surface area contributed by atoms with Crippen molar-refractivity contribution in [2.45, 2.75) is 19.4 Å². The van der Waals surface area contributed by atoms with E-state index in [4.69, 9.17) is 17.3 Å². The number of hydrogen-bond donors (Lipinski definition) is 1. The van der Waals surface area contributed by atoms with Crippen LogP contribution >= 0.6 is 11.6 Å². The molecule has 5 nitrogen and oxygen atoms in total. The fourth-order valence-electron chi connectivity index (χ4n) is 2.43. The molecule has 6 heteroatoms. The lowest BCUT2D eigenvalue weighted by atomic mass is 10.2. The Morgan fingerprint density at radius 3 is 2.52 bits per heavy atom. The summed E-state index contributed by atoms with van der Waals surface area (Å²) in [7, 11) is 0. The molecule has 1 aromatic rings. The summed E-state index contributed by atoms with van der Waals surface area (Å²) in [6, 6.07) is 6.42. The van der Waals surface area contributed by atoms with E-state index in [1.807, 2.05) is 0 Å². The number of carbonyl (C=O) groups is 2. The van der Waals surface area contributed by atoms with Gasteiger partial charge in [-0.05, 0) is 31.5 Å². The van der Waals surface area contributed by atoms with Crippen LogP contribution in [0, 0.1) is 0 Å². The number of hydrogen-bond acceptors (Lipinski definition) is 3. The molecule has 0 bridgehead atoms. The lowest BCUT2D eigenvalue weighted by Gasteiger charge is -2.23. The van der Waals surface area contributed by atoms with Crippen LogP contribution in [0.2, 0.25) is 5.02 Å². The quantitative estimate of drug-likeness (QED) is 0.897. The maximum absolute atomic E-state index is 12.5. The molecule has 1 saturated heterocycles. The Kier molecular flexibility index (Phi) is 5.20. The number of benzene rings is 1. The van der Waals surface area contributed by atoms with Crippen molar-refractivity contribution in [3.8, 4) is 0 Å². The normalized spacial score (nSPS) is 17.3. The second-order valence-electron chi connectivity index (χ2n) is 5.27. The molecule has 1 fully saturated rings. The van der Waals surface area contributed by atoms with Crippen LogP contribution in [0.15, 0.2) is 24.3 Å². The number of nitrogens with zero attached hydrogens (tertiary/aromatic N) is 2. The molecular weight excluding hydrogens is 290 g/mol. The zero-order valence-corrected chi connectivity index (χ0v) is 12.8. The summed E-state index contributed by atoms with van der Waals surface area (Å²) < 4.78 is 0. The van der Waals surface area contributed by atoms with Crippen LogP contribution < -0.4 is 5.73 Å². The Hall–Kier alpha value is -1.59. The van der Waals surface area contributed by atoms with Gasteiger partial charge in [0.1, 0.15) is 0 Å². The van der Waals surface area contributed by atoms with Gasteiger partial charge >= 0.3 is 0 Å². The van der Waals surface area contributed by atoms with Gasteiger partial charge in [-0.1, -0.05) is 17.7 Å². The molecule has 1 aromatic carbocycles. The molecule has 0 unspecified atom stereocenters. The van der Waals surface area contributed by atoms with E-state index in [9.17, 15) is 9.59 Å². The first-order valence-corrected chi connectivity index (χ1v) is 7.46. The van der Waals surface area contributed by atoms with Gasteiger partial charge < -0.3 is 15.5 Å². The predicted molar refractivity (Wildman–Crippen MR) is 82.2 cm³/mol. The Balaban J connectivity index is 2.03. The third kappa shape index (κ3) is 3.95. The molecule has 2 amide bonds. The summed E-state index contributed by atoms with van der Waals surface area (Å²) in [5.41, 5.74) is 6.21. The summed E-state index contributed by atoms with van der Waals surface area (Å²) in [5, 5.41) is 0.546. The van der Waals surface area contributed by atoms with E-state index in [2.05, 4.69) is 0 Å².